The van der Waals surface area contributed by atoms with Gasteiger partial charge in [-0.25, -0.2) is 9.37 Å². The minimum Gasteiger partial charge on any atom is -0.367 e. The van der Waals surface area contributed by atoms with Crippen LogP contribution in [-0.2, 0) is 0 Å². The molecule has 1 saturated carbocycles. The molecule has 1 N–H and O–H groups in total. The Morgan fingerprint density at radius 3 is 2.75 bits per heavy atom. The third-order valence-electron chi connectivity index (χ3n) is 2.18. The van der Waals surface area contributed by atoms with Crippen molar-refractivity contribution in [3.63, 3.8) is 0 Å². The number of anilines is 1. The second-order valence-corrected chi connectivity index (χ2v) is 3.13. The van der Waals surface area contributed by atoms with Gasteiger partial charge in [-0.3, -0.25) is 0 Å². The van der Waals surface area contributed by atoms with Crippen molar-refractivity contribution in [1.82, 2.24) is 4.98 Å². The predicted octanol–water partition coefficient (Wildman–Crippen LogP) is 2.19. The van der Waals surface area contributed by atoms with Crippen LogP contribution in [0.15, 0.2) is 18.3 Å². The lowest BCUT2D eigenvalue weighted by Gasteiger charge is -2.26. The molecule has 1 aromatic rings. The maximum Gasteiger partial charge on any atom is 0.141 e. The first-order valence-electron chi connectivity index (χ1n) is 4.23. The molecule has 0 spiro atoms. The third-order valence-corrected chi connectivity index (χ3v) is 2.18. The highest BCUT2D eigenvalue weighted by Crippen LogP contribution is 2.21. The van der Waals surface area contributed by atoms with Gasteiger partial charge >= 0.3 is 0 Å². The molecular weight excluding hydrogens is 155 g/mol. The first kappa shape index (κ1) is 7.53. The van der Waals surface area contributed by atoms with Crippen LogP contribution >= 0.6 is 0 Å². The van der Waals surface area contributed by atoms with Gasteiger partial charge in [-0.2, -0.15) is 0 Å². The summed E-state index contributed by atoms with van der Waals surface area (Å²) in [4.78, 5) is 3.91. The van der Waals surface area contributed by atoms with Crippen molar-refractivity contribution in [2.45, 2.75) is 25.3 Å². The quantitative estimate of drug-likeness (QED) is 0.728. The summed E-state index contributed by atoms with van der Waals surface area (Å²) in [6.45, 7) is 0. The lowest BCUT2D eigenvalue weighted by molar-refractivity contribution is 0.444. The van der Waals surface area contributed by atoms with Gasteiger partial charge in [0.15, 0.2) is 0 Å². The van der Waals surface area contributed by atoms with Crippen molar-refractivity contribution in [2.24, 2.45) is 0 Å². The van der Waals surface area contributed by atoms with Crippen molar-refractivity contribution in [3.8, 4) is 0 Å². The Balaban J connectivity index is 1.98. The first-order valence-corrected chi connectivity index (χ1v) is 4.23. The van der Waals surface area contributed by atoms with Crippen molar-refractivity contribution in [1.29, 1.82) is 0 Å². The fraction of sp³-hybridized carbons (Fsp3) is 0.444. The molecule has 0 aliphatic heterocycles. The van der Waals surface area contributed by atoms with E-state index in [9.17, 15) is 4.39 Å². The number of pyridine rings is 1. The van der Waals surface area contributed by atoms with Crippen LogP contribution in [0.1, 0.15) is 19.3 Å². The molecule has 1 aliphatic carbocycles. The Morgan fingerprint density at radius 1 is 1.42 bits per heavy atom. The molecule has 0 atom stereocenters. The van der Waals surface area contributed by atoms with E-state index in [2.05, 4.69) is 10.3 Å². The molecule has 2 nitrogen and oxygen atoms in total. The van der Waals surface area contributed by atoms with E-state index in [-0.39, 0.29) is 5.82 Å². The Bertz CT molecular complexity index is 254. The Hall–Kier alpha value is -1.12. The van der Waals surface area contributed by atoms with E-state index < -0.39 is 0 Å². The SMILES string of the molecule is Fc1ccc(NC2CCC2)nc1. The lowest BCUT2D eigenvalue weighted by atomic mass is 9.93. The standard InChI is InChI=1S/C9H11FN2/c10-7-4-5-9(11-6-7)12-8-2-1-3-8/h4-6,8H,1-3H2,(H,11,12). The highest BCUT2D eigenvalue weighted by Gasteiger charge is 2.16. The Morgan fingerprint density at radius 2 is 2.25 bits per heavy atom. The summed E-state index contributed by atoms with van der Waals surface area (Å²) in [6, 6.07) is 3.66. The van der Waals surface area contributed by atoms with Crippen molar-refractivity contribution in [3.05, 3.63) is 24.1 Å². The third kappa shape index (κ3) is 1.55. The fourth-order valence-electron chi connectivity index (χ4n) is 1.22. The van der Waals surface area contributed by atoms with Gasteiger partial charge in [0.25, 0.3) is 0 Å². The average Bonchev–Trinajstić information content (AvgIpc) is 2.00. The summed E-state index contributed by atoms with van der Waals surface area (Å²) < 4.78 is 12.4. The summed E-state index contributed by atoms with van der Waals surface area (Å²) in [5.74, 6) is 0.496. The Kier molecular flexibility index (Phi) is 1.94. The van der Waals surface area contributed by atoms with Crippen LogP contribution in [0.3, 0.4) is 0 Å². The monoisotopic (exact) mass is 166 g/mol. The van der Waals surface area contributed by atoms with E-state index >= 15 is 0 Å². The van der Waals surface area contributed by atoms with E-state index in [0.29, 0.717) is 6.04 Å². The van der Waals surface area contributed by atoms with E-state index in [1.165, 1.54) is 31.5 Å². The van der Waals surface area contributed by atoms with Crippen molar-refractivity contribution < 1.29 is 4.39 Å². The predicted molar refractivity (Wildman–Crippen MR) is 45.5 cm³/mol. The van der Waals surface area contributed by atoms with Gasteiger partial charge in [-0.15, -0.1) is 0 Å². The van der Waals surface area contributed by atoms with Crippen LogP contribution in [0.5, 0.6) is 0 Å². The number of hydrogen-bond acceptors (Lipinski definition) is 2. The average molecular weight is 166 g/mol. The molecule has 2 rings (SSSR count). The van der Waals surface area contributed by atoms with Crippen LogP contribution in [0.4, 0.5) is 10.2 Å². The summed E-state index contributed by atoms with van der Waals surface area (Å²) in [5, 5.41) is 3.23. The highest BCUT2D eigenvalue weighted by atomic mass is 19.1. The Labute approximate surface area is 70.8 Å². The van der Waals surface area contributed by atoms with E-state index in [0.717, 1.165) is 5.82 Å². The van der Waals surface area contributed by atoms with Crippen LogP contribution in [0.2, 0.25) is 0 Å². The lowest BCUT2D eigenvalue weighted by Crippen LogP contribution is -2.27. The molecule has 0 aromatic carbocycles. The molecule has 3 heteroatoms. The summed E-state index contributed by atoms with van der Waals surface area (Å²) >= 11 is 0. The van der Waals surface area contributed by atoms with E-state index in [1.807, 2.05) is 0 Å². The molecule has 1 aromatic heterocycles. The number of nitrogens with zero attached hydrogens (tertiary/aromatic N) is 1. The zero-order chi connectivity index (χ0) is 8.39. The largest absolute Gasteiger partial charge is 0.367 e. The molecule has 1 aliphatic rings. The molecule has 64 valence electrons. The highest BCUT2D eigenvalue weighted by molar-refractivity contribution is 5.35. The zero-order valence-corrected chi connectivity index (χ0v) is 6.76. The van der Waals surface area contributed by atoms with Gasteiger partial charge in [-0.1, -0.05) is 0 Å². The van der Waals surface area contributed by atoms with Crippen LogP contribution in [0, 0.1) is 5.82 Å². The molecule has 0 radical (unpaired) electrons. The van der Waals surface area contributed by atoms with Crippen molar-refractivity contribution in [2.75, 3.05) is 5.32 Å². The fourth-order valence-corrected chi connectivity index (χ4v) is 1.22. The minimum absolute atomic E-state index is 0.283. The molecule has 0 amide bonds. The van der Waals surface area contributed by atoms with Gasteiger partial charge in [0.2, 0.25) is 0 Å². The van der Waals surface area contributed by atoms with Crippen molar-refractivity contribution >= 4 is 5.82 Å². The smallest absolute Gasteiger partial charge is 0.141 e. The number of halogens is 1. The molecule has 0 saturated heterocycles. The normalized spacial score (nSPS) is 17.1. The maximum absolute atomic E-state index is 12.4. The van der Waals surface area contributed by atoms with E-state index in [1.54, 1.807) is 6.07 Å². The number of hydrogen-bond donors (Lipinski definition) is 1. The molecule has 12 heavy (non-hydrogen) atoms. The molecule has 0 unspecified atom stereocenters. The van der Waals surface area contributed by atoms with Gasteiger partial charge in [0.05, 0.1) is 6.20 Å². The maximum atomic E-state index is 12.4. The van der Waals surface area contributed by atoms with Gasteiger partial charge < -0.3 is 5.32 Å². The zero-order valence-electron chi connectivity index (χ0n) is 6.76. The summed E-state index contributed by atoms with van der Waals surface area (Å²) in [6.07, 6.45) is 4.94. The molecular formula is C9H11FN2. The first-order chi connectivity index (χ1) is 5.84. The number of aromatic nitrogens is 1. The minimum atomic E-state index is -0.283. The molecule has 1 heterocycles. The number of rotatable bonds is 2. The number of nitrogens with one attached hydrogen (secondary N) is 1. The van der Waals surface area contributed by atoms with Gasteiger partial charge in [0, 0.05) is 6.04 Å². The summed E-state index contributed by atoms with van der Waals surface area (Å²) in [7, 11) is 0. The van der Waals surface area contributed by atoms with Gasteiger partial charge in [-0.05, 0) is 31.4 Å². The summed E-state index contributed by atoms with van der Waals surface area (Å²) in [5.41, 5.74) is 0. The van der Waals surface area contributed by atoms with E-state index in [4.69, 9.17) is 0 Å². The molecule has 0 bridgehead atoms. The second-order valence-electron chi connectivity index (χ2n) is 3.13. The molecule has 1 fully saturated rings. The van der Waals surface area contributed by atoms with Crippen LogP contribution in [0.25, 0.3) is 0 Å². The van der Waals surface area contributed by atoms with Crippen LogP contribution < -0.4 is 5.32 Å². The topological polar surface area (TPSA) is 24.9 Å². The van der Waals surface area contributed by atoms with Gasteiger partial charge in [0.1, 0.15) is 11.6 Å². The second kappa shape index (κ2) is 3.09. The van der Waals surface area contributed by atoms with Crippen LogP contribution in [-0.4, -0.2) is 11.0 Å².